The second-order valence-corrected chi connectivity index (χ2v) is 2.31. The van der Waals surface area contributed by atoms with Crippen molar-refractivity contribution < 1.29 is 9.53 Å². The summed E-state index contributed by atoms with van der Waals surface area (Å²) in [6.45, 7) is 3.61. The topological polar surface area (TPSA) is 76.1 Å². The van der Waals surface area contributed by atoms with Gasteiger partial charge in [0, 0.05) is 6.08 Å². The van der Waals surface area contributed by atoms with E-state index in [1.54, 1.807) is 6.92 Å². The first kappa shape index (κ1) is 11.2. The minimum Gasteiger partial charge on any atom is -0.500 e. The molecular weight excluding hydrogens is 168 g/mol. The molecule has 0 aromatic carbocycles. The summed E-state index contributed by atoms with van der Waals surface area (Å²) < 4.78 is 4.87. The molecule has 0 atom stereocenters. The molecule has 0 heterocycles. The summed E-state index contributed by atoms with van der Waals surface area (Å²) in [6, 6.07) is 1.83. The van der Waals surface area contributed by atoms with E-state index in [4.69, 9.17) is 15.7 Å². The number of ether oxygens (including phenoxy) is 1. The lowest BCUT2D eigenvalue weighted by Gasteiger charge is -1.98. The lowest BCUT2D eigenvalue weighted by atomic mass is 10.2. The zero-order chi connectivity index (χ0) is 10.3. The second-order valence-electron chi connectivity index (χ2n) is 2.31. The maximum Gasteiger partial charge on any atom is 0.154 e. The summed E-state index contributed by atoms with van der Waals surface area (Å²) >= 11 is 0. The molecule has 0 saturated heterocycles. The third kappa shape index (κ3) is 4.64. The first-order valence-corrected chi connectivity index (χ1v) is 3.81. The van der Waals surface area contributed by atoms with E-state index in [2.05, 4.69) is 0 Å². The molecular formula is C9H12N2O2. The average Bonchev–Trinajstić information content (AvgIpc) is 2.04. The molecule has 0 aliphatic carbocycles. The monoisotopic (exact) mass is 180 g/mol. The van der Waals surface area contributed by atoms with E-state index in [0.29, 0.717) is 6.61 Å². The lowest BCUT2D eigenvalue weighted by Crippen LogP contribution is -2.03. The van der Waals surface area contributed by atoms with E-state index in [0.717, 1.165) is 0 Å². The van der Waals surface area contributed by atoms with Gasteiger partial charge < -0.3 is 10.5 Å². The standard InChI is InChI=1S/C9H12N2O2/c1-3-13-6-8(5-10)9(11)4-7(2)12/h4,6H,3,11H2,1-2H3/b8-6+,9-4-. The van der Waals surface area contributed by atoms with Crippen molar-refractivity contribution in [1.82, 2.24) is 0 Å². The highest BCUT2D eigenvalue weighted by atomic mass is 16.5. The van der Waals surface area contributed by atoms with Crippen LogP contribution in [0.3, 0.4) is 0 Å². The Morgan fingerprint density at radius 3 is 2.69 bits per heavy atom. The highest BCUT2D eigenvalue weighted by molar-refractivity contribution is 5.88. The van der Waals surface area contributed by atoms with Crippen molar-refractivity contribution in [2.75, 3.05) is 6.61 Å². The molecule has 0 saturated carbocycles. The largest absolute Gasteiger partial charge is 0.500 e. The number of carbonyl (C=O) groups is 1. The summed E-state index contributed by atoms with van der Waals surface area (Å²) in [4.78, 5) is 10.6. The van der Waals surface area contributed by atoms with Gasteiger partial charge in [-0.3, -0.25) is 4.79 Å². The highest BCUT2D eigenvalue weighted by Crippen LogP contribution is 2.02. The number of nitriles is 1. The number of nitrogens with zero attached hydrogens (tertiary/aromatic N) is 1. The molecule has 70 valence electrons. The van der Waals surface area contributed by atoms with Crippen molar-refractivity contribution in [3.8, 4) is 6.07 Å². The van der Waals surface area contributed by atoms with Crippen molar-refractivity contribution in [2.24, 2.45) is 5.73 Å². The average molecular weight is 180 g/mol. The number of ketones is 1. The van der Waals surface area contributed by atoms with Gasteiger partial charge in [0.15, 0.2) is 5.78 Å². The predicted molar refractivity (Wildman–Crippen MR) is 48.3 cm³/mol. The number of hydrogen-bond acceptors (Lipinski definition) is 4. The summed E-state index contributed by atoms with van der Waals surface area (Å²) in [5.41, 5.74) is 5.73. The van der Waals surface area contributed by atoms with Crippen LogP contribution in [0.15, 0.2) is 23.6 Å². The SMILES string of the molecule is CCO/C=C(C#N)/C(N)=C/C(C)=O. The van der Waals surface area contributed by atoms with Crippen LogP contribution in [0.4, 0.5) is 0 Å². The number of hydrogen-bond donors (Lipinski definition) is 1. The van der Waals surface area contributed by atoms with Crippen LogP contribution in [-0.2, 0) is 9.53 Å². The van der Waals surface area contributed by atoms with Gasteiger partial charge in [0.25, 0.3) is 0 Å². The van der Waals surface area contributed by atoms with E-state index in [9.17, 15) is 4.79 Å². The van der Waals surface area contributed by atoms with Crippen molar-refractivity contribution in [3.05, 3.63) is 23.6 Å². The molecule has 0 rings (SSSR count). The third-order valence-corrected chi connectivity index (χ3v) is 1.16. The van der Waals surface area contributed by atoms with Gasteiger partial charge >= 0.3 is 0 Å². The van der Waals surface area contributed by atoms with Crippen molar-refractivity contribution in [2.45, 2.75) is 13.8 Å². The van der Waals surface area contributed by atoms with E-state index in [1.165, 1.54) is 19.3 Å². The Balaban J connectivity index is 4.61. The van der Waals surface area contributed by atoms with E-state index >= 15 is 0 Å². The third-order valence-electron chi connectivity index (χ3n) is 1.16. The number of nitrogens with two attached hydrogens (primary N) is 1. The fourth-order valence-electron chi connectivity index (χ4n) is 0.622. The second kappa shape index (κ2) is 5.84. The Kier molecular flexibility index (Phi) is 5.05. The van der Waals surface area contributed by atoms with Gasteiger partial charge in [-0.25, -0.2) is 0 Å². The fraction of sp³-hybridized carbons (Fsp3) is 0.333. The first-order valence-electron chi connectivity index (χ1n) is 3.81. The molecule has 0 amide bonds. The molecule has 13 heavy (non-hydrogen) atoms. The Bertz CT molecular complexity index is 284. The van der Waals surface area contributed by atoms with E-state index in [1.807, 2.05) is 6.07 Å². The molecule has 0 radical (unpaired) electrons. The zero-order valence-corrected chi connectivity index (χ0v) is 7.70. The van der Waals surface area contributed by atoms with Gasteiger partial charge in [-0.05, 0) is 13.8 Å². The van der Waals surface area contributed by atoms with Crippen LogP contribution in [0.2, 0.25) is 0 Å². The molecule has 0 aromatic rings. The summed E-state index contributed by atoms with van der Waals surface area (Å²) in [6.07, 6.45) is 2.43. The van der Waals surface area contributed by atoms with Crippen LogP contribution in [0.1, 0.15) is 13.8 Å². The molecule has 0 spiro atoms. The minimum atomic E-state index is -0.199. The smallest absolute Gasteiger partial charge is 0.154 e. The zero-order valence-electron chi connectivity index (χ0n) is 7.70. The van der Waals surface area contributed by atoms with Gasteiger partial charge in [0.2, 0.25) is 0 Å². The van der Waals surface area contributed by atoms with Gasteiger partial charge in [0.05, 0.1) is 12.3 Å². The molecule has 0 aliphatic rings. The lowest BCUT2D eigenvalue weighted by molar-refractivity contribution is -0.112. The van der Waals surface area contributed by atoms with Crippen LogP contribution >= 0.6 is 0 Å². The molecule has 4 nitrogen and oxygen atoms in total. The van der Waals surface area contributed by atoms with Crippen LogP contribution in [0, 0.1) is 11.3 Å². The summed E-state index contributed by atoms with van der Waals surface area (Å²) in [5.74, 6) is -0.199. The molecule has 0 bridgehead atoms. The number of rotatable bonds is 4. The Hall–Kier alpha value is -1.76. The molecule has 0 aliphatic heterocycles. The van der Waals surface area contributed by atoms with Gasteiger partial charge in [-0.15, -0.1) is 0 Å². The van der Waals surface area contributed by atoms with Gasteiger partial charge in [-0.2, -0.15) is 5.26 Å². The van der Waals surface area contributed by atoms with Crippen molar-refractivity contribution in [3.63, 3.8) is 0 Å². The van der Waals surface area contributed by atoms with Crippen LogP contribution in [-0.4, -0.2) is 12.4 Å². The number of allylic oxidation sites excluding steroid dienone is 2. The maximum absolute atomic E-state index is 10.6. The molecule has 4 heteroatoms. The quantitative estimate of drug-likeness (QED) is 0.301. The maximum atomic E-state index is 10.6. The molecule has 0 unspecified atom stereocenters. The normalized spacial score (nSPS) is 12.1. The first-order chi connectivity index (χ1) is 6.11. The van der Waals surface area contributed by atoms with Gasteiger partial charge in [-0.1, -0.05) is 0 Å². The minimum absolute atomic E-state index is 0.128. The Labute approximate surface area is 77.3 Å². The predicted octanol–water partition coefficient (Wildman–Crippen LogP) is 0.862. The Morgan fingerprint density at radius 2 is 2.31 bits per heavy atom. The van der Waals surface area contributed by atoms with Gasteiger partial charge in [0.1, 0.15) is 17.9 Å². The van der Waals surface area contributed by atoms with Crippen molar-refractivity contribution >= 4 is 5.78 Å². The number of carbonyl (C=O) groups excluding carboxylic acids is 1. The molecule has 0 aromatic heterocycles. The van der Waals surface area contributed by atoms with E-state index in [-0.39, 0.29) is 17.1 Å². The van der Waals surface area contributed by atoms with E-state index < -0.39 is 0 Å². The van der Waals surface area contributed by atoms with Crippen LogP contribution in [0.5, 0.6) is 0 Å². The van der Waals surface area contributed by atoms with Crippen LogP contribution < -0.4 is 5.73 Å². The Morgan fingerprint density at radius 1 is 1.69 bits per heavy atom. The molecule has 0 fully saturated rings. The summed E-state index contributed by atoms with van der Waals surface area (Å²) in [7, 11) is 0. The summed E-state index contributed by atoms with van der Waals surface area (Å²) in [5, 5.41) is 8.61. The fourth-order valence-corrected chi connectivity index (χ4v) is 0.622. The highest BCUT2D eigenvalue weighted by Gasteiger charge is 2.00. The molecule has 2 N–H and O–H groups in total. The van der Waals surface area contributed by atoms with Crippen molar-refractivity contribution in [1.29, 1.82) is 5.26 Å². The van der Waals surface area contributed by atoms with Crippen LogP contribution in [0.25, 0.3) is 0 Å².